The molecule has 14 heavy (non-hydrogen) atoms. The van der Waals surface area contributed by atoms with E-state index in [0.29, 0.717) is 12.0 Å². The Kier molecular flexibility index (Phi) is 4.07. The highest BCUT2D eigenvalue weighted by Gasteiger charge is 2.05. The van der Waals surface area contributed by atoms with Crippen molar-refractivity contribution in [2.45, 2.75) is 13.3 Å². The maximum atomic E-state index is 11.3. The molecule has 0 aliphatic carbocycles. The molecule has 0 aliphatic heterocycles. The van der Waals surface area contributed by atoms with E-state index in [1.165, 1.54) is 6.20 Å². The summed E-state index contributed by atoms with van der Waals surface area (Å²) < 4.78 is 4.87. The van der Waals surface area contributed by atoms with Crippen molar-refractivity contribution in [2.24, 2.45) is 0 Å². The highest BCUT2D eigenvalue weighted by molar-refractivity contribution is 5.88. The standard InChI is InChI=1S/C10H13NO3/c1-8-3-4-9(7-11-8)10(13)14-6-2-5-12/h3-4,7,12H,2,5-6H2,1H3. The van der Waals surface area contributed by atoms with Crippen molar-refractivity contribution in [2.75, 3.05) is 13.2 Å². The molecule has 0 radical (unpaired) electrons. The first-order valence-corrected chi connectivity index (χ1v) is 4.44. The molecule has 0 bridgehead atoms. The SMILES string of the molecule is Cc1ccc(C(=O)OCCCO)cn1. The molecule has 1 aromatic rings. The summed E-state index contributed by atoms with van der Waals surface area (Å²) in [5.41, 5.74) is 1.30. The smallest absolute Gasteiger partial charge is 0.339 e. The molecule has 1 aromatic heterocycles. The highest BCUT2D eigenvalue weighted by Crippen LogP contribution is 2.01. The Labute approximate surface area is 82.5 Å². The second kappa shape index (κ2) is 5.34. The van der Waals surface area contributed by atoms with Crippen molar-refractivity contribution in [1.29, 1.82) is 0 Å². The second-order valence-electron chi connectivity index (χ2n) is 2.90. The summed E-state index contributed by atoms with van der Waals surface area (Å²) in [6.45, 7) is 2.11. The third-order valence-electron chi connectivity index (χ3n) is 1.68. The van der Waals surface area contributed by atoms with E-state index < -0.39 is 5.97 Å². The van der Waals surface area contributed by atoms with E-state index in [9.17, 15) is 4.79 Å². The van der Waals surface area contributed by atoms with Crippen LogP contribution in [0.1, 0.15) is 22.5 Å². The van der Waals surface area contributed by atoms with Gasteiger partial charge >= 0.3 is 5.97 Å². The van der Waals surface area contributed by atoms with E-state index in [-0.39, 0.29) is 13.2 Å². The summed E-state index contributed by atoms with van der Waals surface area (Å²) in [5.74, 6) is -0.397. The van der Waals surface area contributed by atoms with Gasteiger partial charge in [0.1, 0.15) is 0 Å². The van der Waals surface area contributed by atoms with Crippen LogP contribution in [-0.2, 0) is 4.74 Å². The molecule has 1 N–H and O–H groups in total. The average molecular weight is 195 g/mol. The monoisotopic (exact) mass is 195 g/mol. The lowest BCUT2D eigenvalue weighted by Crippen LogP contribution is -2.07. The Morgan fingerprint density at radius 3 is 2.93 bits per heavy atom. The third-order valence-corrected chi connectivity index (χ3v) is 1.68. The fraction of sp³-hybridized carbons (Fsp3) is 0.400. The molecule has 0 amide bonds. The molecule has 0 saturated carbocycles. The van der Waals surface area contributed by atoms with E-state index in [2.05, 4.69) is 4.98 Å². The second-order valence-corrected chi connectivity index (χ2v) is 2.90. The van der Waals surface area contributed by atoms with Crippen LogP contribution in [0, 0.1) is 6.92 Å². The van der Waals surface area contributed by atoms with E-state index in [0.717, 1.165) is 5.69 Å². The average Bonchev–Trinajstić information content (AvgIpc) is 2.19. The summed E-state index contributed by atoms with van der Waals surface area (Å²) in [6.07, 6.45) is 1.95. The van der Waals surface area contributed by atoms with Crippen LogP contribution in [0.5, 0.6) is 0 Å². The van der Waals surface area contributed by atoms with Crippen LogP contribution >= 0.6 is 0 Å². The molecule has 0 fully saturated rings. The van der Waals surface area contributed by atoms with Crippen LogP contribution < -0.4 is 0 Å². The molecule has 0 aromatic carbocycles. The number of aliphatic hydroxyl groups excluding tert-OH is 1. The number of carbonyl (C=O) groups is 1. The number of pyridine rings is 1. The van der Waals surface area contributed by atoms with Crippen molar-refractivity contribution >= 4 is 5.97 Å². The van der Waals surface area contributed by atoms with Crippen molar-refractivity contribution in [1.82, 2.24) is 4.98 Å². The van der Waals surface area contributed by atoms with Crippen molar-refractivity contribution in [3.05, 3.63) is 29.6 Å². The van der Waals surface area contributed by atoms with Gasteiger partial charge in [-0.3, -0.25) is 4.98 Å². The molecule has 0 atom stereocenters. The zero-order valence-corrected chi connectivity index (χ0v) is 8.06. The number of aromatic nitrogens is 1. The number of aliphatic hydroxyl groups is 1. The van der Waals surface area contributed by atoms with Crippen LogP contribution in [0.2, 0.25) is 0 Å². The van der Waals surface area contributed by atoms with E-state index in [4.69, 9.17) is 9.84 Å². The molecule has 1 rings (SSSR count). The molecule has 4 nitrogen and oxygen atoms in total. The summed E-state index contributed by atoms with van der Waals surface area (Å²) >= 11 is 0. The zero-order valence-electron chi connectivity index (χ0n) is 8.06. The number of ether oxygens (including phenoxy) is 1. The number of aryl methyl sites for hydroxylation is 1. The van der Waals surface area contributed by atoms with Crippen molar-refractivity contribution < 1.29 is 14.6 Å². The van der Waals surface area contributed by atoms with Gasteiger partial charge in [0.05, 0.1) is 12.2 Å². The lowest BCUT2D eigenvalue weighted by molar-refractivity contribution is 0.0481. The fourth-order valence-electron chi connectivity index (χ4n) is 0.901. The van der Waals surface area contributed by atoms with Crippen LogP contribution in [0.3, 0.4) is 0 Å². The third kappa shape index (κ3) is 3.14. The largest absolute Gasteiger partial charge is 0.462 e. The van der Waals surface area contributed by atoms with Crippen LogP contribution in [0.25, 0.3) is 0 Å². The predicted octanol–water partition coefficient (Wildman–Crippen LogP) is 0.929. The van der Waals surface area contributed by atoms with Crippen LogP contribution in [0.15, 0.2) is 18.3 Å². The molecule has 76 valence electrons. The number of carbonyl (C=O) groups excluding carboxylic acids is 1. The van der Waals surface area contributed by atoms with Gasteiger partial charge in [-0.2, -0.15) is 0 Å². The Hall–Kier alpha value is -1.42. The minimum atomic E-state index is -0.397. The number of nitrogens with zero attached hydrogens (tertiary/aromatic N) is 1. The number of esters is 1. The topological polar surface area (TPSA) is 59.4 Å². The van der Waals surface area contributed by atoms with Gasteiger partial charge < -0.3 is 9.84 Å². The number of hydrogen-bond donors (Lipinski definition) is 1. The van der Waals surface area contributed by atoms with Gasteiger partial charge in [-0.15, -0.1) is 0 Å². The van der Waals surface area contributed by atoms with Gasteiger partial charge in [0.2, 0.25) is 0 Å². The molecule has 1 heterocycles. The van der Waals surface area contributed by atoms with Gasteiger partial charge in [-0.05, 0) is 19.1 Å². The van der Waals surface area contributed by atoms with Crippen molar-refractivity contribution in [3.8, 4) is 0 Å². The first-order chi connectivity index (χ1) is 6.74. The lowest BCUT2D eigenvalue weighted by atomic mass is 10.2. The molecule has 0 unspecified atom stereocenters. The van der Waals surface area contributed by atoms with Crippen LogP contribution in [0.4, 0.5) is 0 Å². The highest BCUT2D eigenvalue weighted by atomic mass is 16.5. The van der Waals surface area contributed by atoms with Gasteiger partial charge in [0.25, 0.3) is 0 Å². The minimum Gasteiger partial charge on any atom is -0.462 e. The van der Waals surface area contributed by atoms with E-state index >= 15 is 0 Å². The Bertz CT molecular complexity index is 295. The predicted molar refractivity (Wildman–Crippen MR) is 51.0 cm³/mol. The van der Waals surface area contributed by atoms with Gasteiger partial charge in [-0.1, -0.05) is 0 Å². The zero-order chi connectivity index (χ0) is 10.4. The Balaban J connectivity index is 2.48. The van der Waals surface area contributed by atoms with E-state index in [1.54, 1.807) is 12.1 Å². The van der Waals surface area contributed by atoms with Gasteiger partial charge in [0, 0.05) is 24.9 Å². The Morgan fingerprint density at radius 2 is 2.36 bits per heavy atom. The molecular formula is C10H13NO3. The quantitative estimate of drug-likeness (QED) is 0.573. The van der Waals surface area contributed by atoms with Gasteiger partial charge in [-0.25, -0.2) is 4.79 Å². The summed E-state index contributed by atoms with van der Waals surface area (Å²) in [5, 5.41) is 8.48. The molecule has 0 aliphatic rings. The molecule has 4 heteroatoms. The fourth-order valence-corrected chi connectivity index (χ4v) is 0.901. The first kappa shape index (κ1) is 10.7. The number of hydrogen-bond acceptors (Lipinski definition) is 4. The van der Waals surface area contributed by atoms with E-state index in [1.807, 2.05) is 6.92 Å². The maximum absolute atomic E-state index is 11.3. The summed E-state index contributed by atoms with van der Waals surface area (Å²) in [6, 6.07) is 3.42. The van der Waals surface area contributed by atoms with Gasteiger partial charge in [0.15, 0.2) is 0 Å². The minimum absolute atomic E-state index is 0.0272. The maximum Gasteiger partial charge on any atom is 0.339 e. The first-order valence-electron chi connectivity index (χ1n) is 4.44. The molecular weight excluding hydrogens is 182 g/mol. The van der Waals surface area contributed by atoms with Crippen LogP contribution in [-0.4, -0.2) is 29.3 Å². The summed E-state index contributed by atoms with van der Waals surface area (Å²) in [4.78, 5) is 15.3. The lowest BCUT2D eigenvalue weighted by Gasteiger charge is -2.02. The Morgan fingerprint density at radius 1 is 1.57 bits per heavy atom. The number of rotatable bonds is 4. The molecule has 0 saturated heterocycles. The summed E-state index contributed by atoms with van der Waals surface area (Å²) in [7, 11) is 0. The van der Waals surface area contributed by atoms with Crippen molar-refractivity contribution in [3.63, 3.8) is 0 Å². The normalized spacial score (nSPS) is 9.86. The molecule has 0 spiro atoms.